The van der Waals surface area contributed by atoms with E-state index in [-0.39, 0.29) is 10.9 Å². The molecule has 4 nitrogen and oxygen atoms in total. The van der Waals surface area contributed by atoms with Gasteiger partial charge >= 0.3 is 0 Å². The molecule has 1 aliphatic rings. The largest absolute Gasteiger partial charge is 0.496 e. The normalized spacial score (nSPS) is 15.6. The van der Waals surface area contributed by atoms with Crippen LogP contribution in [0.25, 0.3) is 6.08 Å². The Labute approximate surface area is 213 Å². The van der Waals surface area contributed by atoms with Crippen molar-refractivity contribution < 1.29 is 14.0 Å². The van der Waals surface area contributed by atoms with Crippen LogP contribution in [-0.2, 0) is 22.2 Å². The molecule has 0 atom stereocenters. The maximum absolute atomic E-state index is 13.0. The number of carbonyl (C=O) groups is 1. The number of rotatable bonds is 8. The van der Waals surface area contributed by atoms with Crippen molar-refractivity contribution in [3.63, 3.8) is 0 Å². The summed E-state index contributed by atoms with van der Waals surface area (Å²) in [6.07, 6.45) is 6.72. The molecule has 1 fully saturated rings. The Kier molecular flexibility index (Phi) is 9.00. The topological polar surface area (TPSA) is 38.8 Å². The molecule has 1 saturated heterocycles. The molecule has 3 rings (SSSR count). The first-order valence-electron chi connectivity index (χ1n) is 12.9. The van der Waals surface area contributed by atoms with Gasteiger partial charge in [0.1, 0.15) is 5.75 Å². The standard InChI is InChI=1S/C30H43NO3Si/c1-8-23-11-9-13-26(21-23)24-17-19-31(20-18-24)29(32)16-15-25-12-10-14-28(33-5)27(25)22-34-35(6,7)30(2,3)4/h9-16,21,24H,8,17-20,22H2,1-7H3/b16-15+. The van der Waals surface area contributed by atoms with E-state index in [1.165, 1.54) is 11.1 Å². The van der Waals surface area contributed by atoms with Gasteiger partial charge in [0, 0.05) is 24.7 Å². The number of ether oxygens (including phenoxy) is 1. The van der Waals surface area contributed by atoms with E-state index >= 15 is 0 Å². The maximum Gasteiger partial charge on any atom is 0.246 e. The minimum atomic E-state index is -1.91. The van der Waals surface area contributed by atoms with Gasteiger partial charge in [-0.15, -0.1) is 0 Å². The number of likely N-dealkylation sites (tertiary alicyclic amines) is 1. The molecule has 0 unspecified atom stereocenters. The lowest BCUT2D eigenvalue weighted by atomic mass is 9.88. The maximum atomic E-state index is 13.0. The summed E-state index contributed by atoms with van der Waals surface area (Å²) in [6.45, 7) is 15.5. The van der Waals surface area contributed by atoms with Crippen molar-refractivity contribution in [1.82, 2.24) is 4.90 Å². The molecule has 0 bridgehead atoms. The van der Waals surface area contributed by atoms with Crippen LogP contribution in [0.3, 0.4) is 0 Å². The summed E-state index contributed by atoms with van der Waals surface area (Å²) in [7, 11) is -0.229. The van der Waals surface area contributed by atoms with E-state index in [4.69, 9.17) is 9.16 Å². The summed E-state index contributed by atoms with van der Waals surface area (Å²) < 4.78 is 12.1. The van der Waals surface area contributed by atoms with Gasteiger partial charge in [-0.3, -0.25) is 4.79 Å². The Morgan fingerprint density at radius 1 is 1.11 bits per heavy atom. The van der Waals surface area contributed by atoms with Gasteiger partial charge in [0.15, 0.2) is 8.32 Å². The van der Waals surface area contributed by atoms with Crippen LogP contribution in [0.15, 0.2) is 48.5 Å². The average Bonchev–Trinajstić information content (AvgIpc) is 2.85. The molecule has 0 aromatic heterocycles. The summed E-state index contributed by atoms with van der Waals surface area (Å²) in [5.41, 5.74) is 4.77. The monoisotopic (exact) mass is 493 g/mol. The van der Waals surface area contributed by atoms with Crippen LogP contribution in [-0.4, -0.2) is 39.3 Å². The van der Waals surface area contributed by atoms with Gasteiger partial charge in [-0.25, -0.2) is 0 Å². The summed E-state index contributed by atoms with van der Waals surface area (Å²) in [5, 5.41) is 0.130. The predicted octanol–water partition coefficient (Wildman–Crippen LogP) is 7.20. The van der Waals surface area contributed by atoms with Crippen molar-refractivity contribution in [2.45, 2.75) is 77.6 Å². The van der Waals surface area contributed by atoms with Gasteiger partial charge in [0.25, 0.3) is 0 Å². The lowest BCUT2D eigenvalue weighted by Gasteiger charge is -2.36. The quantitative estimate of drug-likeness (QED) is 0.288. The van der Waals surface area contributed by atoms with Gasteiger partial charge in [0.05, 0.1) is 13.7 Å². The van der Waals surface area contributed by atoms with Crippen LogP contribution in [0, 0.1) is 0 Å². The molecule has 1 aliphatic heterocycles. The van der Waals surface area contributed by atoms with Gasteiger partial charge in [0.2, 0.25) is 5.91 Å². The fourth-order valence-corrected chi connectivity index (χ4v) is 5.26. The highest BCUT2D eigenvalue weighted by atomic mass is 28.4. The molecule has 0 radical (unpaired) electrons. The number of benzene rings is 2. The summed E-state index contributed by atoms with van der Waals surface area (Å²) >= 11 is 0. The smallest absolute Gasteiger partial charge is 0.246 e. The number of amides is 1. The fraction of sp³-hybridized carbons (Fsp3) is 0.500. The third-order valence-electron chi connectivity index (χ3n) is 7.82. The lowest BCUT2D eigenvalue weighted by molar-refractivity contribution is -0.126. The van der Waals surface area contributed by atoms with Gasteiger partial charge in [-0.05, 0) is 72.1 Å². The molecule has 190 valence electrons. The second-order valence-corrected chi connectivity index (χ2v) is 15.9. The first-order chi connectivity index (χ1) is 16.6. The van der Waals surface area contributed by atoms with E-state index in [0.29, 0.717) is 12.5 Å². The Balaban J connectivity index is 1.67. The Bertz CT molecular complexity index is 1030. The first kappa shape index (κ1) is 27.2. The second kappa shape index (κ2) is 11.6. The van der Waals surface area contributed by atoms with Gasteiger partial charge in [-0.2, -0.15) is 0 Å². The molecule has 2 aromatic carbocycles. The van der Waals surface area contributed by atoms with Gasteiger partial charge in [-0.1, -0.05) is 64.1 Å². The van der Waals surface area contributed by atoms with E-state index in [1.54, 1.807) is 13.2 Å². The van der Waals surface area contributed by atoms with Gasteiger partial charge < -0.3 is 14.1 Å². The Morgan fingerprint density at radius 3 is 2.43 bits per heavy atom. The highest BCUT2D eigenvalue weighted by molar-refractivity contribution is 6.74. The van der Waals surface area contributed by atoms with Crippen LogP contribution in [0.2, 0.25) is 18.1 Å². The zero-order chi connectivity index (χ0) is 25.6. The Morgan fingerprint density at radius 2 is 1.80 bits per heavy atom. The molecule has 5 heteroatoms. The minimum Gasteiger partial charge on any atom is -0.496 e. The van der Waals surface area contributed by atoms with Crippen LogP contribution >= 0.6 is 0 Å². The van der Waals surface area contributed by atoms with Crippen LogP contribution in [0.1, 0.15) is 68.7 Å². The van der Waals surface area contributed by atoms with Crippen LogP contribution < -0.4 is 4.74 Å². The van der Waals surface area contributed by atoms with E-state index in [9.17, 15) is 4.79 Å². The number of piperidine rings is 1. The molecule has 0 saturated carbocycles. The van der Waals surface area contributed by atoms with Crippen molar-refractivity contribution in [1.29, 1.82) is 0 Å². The highest BCUT2D eigenvalue weighted by Crippen LogP contribution is 2.38. The van der Waals surface area contributed by atoms with Crippen LogP contribution in [0.5, 0.6) is 5.75 Å². The number of hydrogen-bond donors (Lipinski definition) is 0. The SMILES string of the molecule is CCc1cccc(C2CCN(C(=O)/C=C/c3cccc(OC)c3CO[Si](C)(C)C(C)(C)C)CC2)c1. The molecule has 0 spiro atoms. The first-order valence-corrected chi connectivity index (χ1v) is 15.8. The van der Waals surface area contributed by atoms with E-state index < -0.39 is 8.32 Å². The molecule has 1 heterocycles. The third-order valence-corrected chi connectivity index (χ3v) is 12.3. The van der Waals surface area contributed by atoms with Crippen molar-refractivity contribution in [2.75, 3.05) is 20.2 Å². The predicted molar refractivity (Wildman–Crippen MR) is 148 cm³/mol. The number of nitrogens with zero attached hydrogens (tertiary/aromatic N) is 1. The van der Waals surface area contributed by atoms with Crippen LogP contribution in [0.4, 0.5) is 0 Å². The number of hydrogen-bond acceptors (Lipinski definition) is 3. The summed E-state index contributed by atoms with van der Waals surface area (Å²) in [6, 6.07) is 14.9. The number of carbonyl (C=O) groups excluding carboxylic acids is 1. The van der Waals surface area contributed by atoms with E-state index in [1.807, 2.05) is 29.2 Å². The summed E-state index contributed by atoms with van der Waals surface area (Å²) in [5.74, 6) is 1.41. The number of methoxy groups -OCH3 is 1. The van der Waals surface area contributed by atoms with Crippen molar-refractivity contribution in [3.05, 3.63) is 70.8 Å². The molecule has 2 aromatic rings. The lowest BCUT2D eigenvalue weighted by Crippen LogP contribution is -2.40. The third kappa shape index (κ3) is 6.86. The molecule has 35 heavy (non-hydrogen) atoms. The number of aryl methyl sites for hydroxylation is 1. The molecule has 0 aliphatic carbocycles. The second-order valence-electron chi connectivity index (χ2n) is 11.1. The summed E-state index contributed by atoms with van der Waals surface area (Å²) in [4.78, 5) is 15.0. The average molecular weight is 494 g/mol. The minimum absolute atomic E-state index is 0.0739. The molecule has 0 N–H and O–H groups in total. The molecule has 1 amide bonds. The zero-order valence-corrected chi connectivity index (χ0v) is 23.7. The van der Waals surface area contributed by atoms with Crippen molar-refractivity contribution >= 4 is 20.3 Å². The molecular formula is C30H43NO3Si. The molecular weight excluding hydrogens is 450 g/mol. The van der Waals surface area contributed by atoms with E-state index in [0.717, 1.165) is 49.2 Å². The Hall–Kier alpha value is -2.37. The van der Waals surface area contributed by atoms with Crippen molar-refractivity contribution in [2.24, 2.45) is 0 Å². The highest BCUT2D eigenvalue weighted by Gasteiger charge is 2.37. The van der Waals surface area contributed by atoms with Crippen molar-refractivity contribution in [3.8, 4) is 5.75 Å². The van der Waals surface area contributed by atoms with E-state index in [2.05, 4.69) is 65.1 Å². The fourth-order valence-electron chi connectivity index (χ4n) is 4.32. The zero-order valence-electron chi connectivity index (χ0n) is 22.7.